The maximum atomic E-state index is 13.8. The summed E-state index contributed by atoms with van der Waals surface area (Å²) in [5, 5.41) is 0. The van der Waals surface area contributed by atoms with Crippen LogP contribution in [-0.2, 0) is 14.3 Å². The Morgan fingerprint density at radius 2 is 0.984 bits per heavy atom. The molecule has 0 saturated heterocycles. The quantitative estimate of drug-likeness (QED) is 0.0405. The third kappa shape index (κ3) is 12.1. The molecule has 3 aromatic rings. The number of hydrogen-bond acceptors (Lipinski definition) is 7. The summed E-state index contributed by atoms with van der Waals surface area (Å²) >= 11 is 0. The number of rotatable bonds is 23. The van der Waals surface area contributed by atoms with Gasteiger partial charge in [0.15, 0.2) is 0 Å². The molecule has 7 nitrogen and oxygen atoms in total. The highest BCUT2D eigenvalue weighted by molar-refractivity contribution is 5.91. The average Bonchev–Trinajstić information content (AvgIpc) is 3.20. The molecule has 20 heteroatoms. The van der Waals surface area contributed by atoms with Crippen molar-refractivity contribution in [1.29, 1.82) is 0 Å². The molecule has 1 atom stereocenters. The van der Waals surface area contributed by atoms with E-state index in [4.69, 9.17) is 14.2 Å². The fraction of sp³-hybridized carbons (Fsp3) is 0.488. The van der Waals surface area contributed by atoms with Crippen LogP contribution in [0, 0.1) is 0 Å². The number of esters is 3. The molecule has 0 amide bonds. The third-order valence-electron chi connectivity index (χ3n) is 9.11. The average molecular weight is 893 g/mol. The Balaban J connectivity index is 1.39. The van der Waals surface area contributed by atoms with Crippen molar-refractivity contribution in [2.75, 3.05) is 13.2 Å². The van der Waals surface area contributed by atoms with E-state index in [1.807, 2.05) is 6.92 Å². The van der Waals surface area contributed by atoms with Crippen molar-refractivity contribution in [3.8, 4) is 22.6 Å². The highest BCUT2D eigenvalue weighted by Crippen LogP contribution is 2.60. The number of hydrogen-bond donors (Lipinski definition) is 0. The number of benzene rings is 3. The van der Waals surface area contributed by atoms with Crippen molar-refractivity contribution in [1.82, 2.24) is 0 Å². The molecule has 3 aromatic carbocycles. The van der Waals surface area contributed by atoms with Crippen LogP contribution in [0.3, 0.4) is 0 Å². The Bertz CT molecular complexity index is 1880. The summed E-state index contributed by atoms with van der Waals surface area (Å²) in [4.78, 5) is 36.6. The van der Waals surface area contributed by atoms with E-state index in [9.17, 15) is 71.5 Å². The molecule has 0 radical (unpaired) electrons. The third-order valence-corrected chi connectivity index (χ3v) is 9.11. The second kappa shape index (κ2) is 20.7. The standard InChI is InChI=1S/C41H41F13O7/c1-3-4-5-8-11-26(2)60-33(55)29-14-12-27(13-15-29)28-16-22-32(23-17-28)61-34(56)30-18-20-31(21-19-30)58-24-9-6-7-10-25-59-35(57)36(42,43)37(44,45)38(46,47)39(48,49)40(50,51)41(52,53)54/h12-23,26H,3-11,24-25H2,1-2H3. The van der Waals surface area contributed by atoms with Crippen LogP contribution in [0.5, 0.6) is 11.5 Å². The number of carbonyl (C=O) groups excluding carboxylic acids is 3. The number of alkyl halides is 13. The van der Waals surface area contributed by atoms with Crippen molar-refractivity contribution in [3.05, 3.63) is 83.9 Å². The Kier molecular flexibility index (Phi) is 17.1. The summed E-state index contributed by atoms with van der Waals surface area (Å²) in [6, 6.07) is 19.3. The Hall–Kier alpha value is -5.04. The van der Waals surface area contributed by atoms with Crippen molar-refractivity contribution >= 4 is 17.9 Å². The van der Waals surface area contributed by atoms with E-state index in [2.05, 4.69) is 11.7 Å². The fourth-order valence-electron chi connectivity index (χ4n) is 5.44. The van der Waals surface area contributed by atoms with Crippen LogP contribution in [0.1, 0.15) is 92.4 Å². The van der Waals surface area contributed by atoms with Gasteiger partial charge in [-0.1, -0.05) is 50.5 Å². The molecular formula is C41H41F13O7. The van der Waals surface area contributed by atoms with Crippen LogP contribution in [0.25, 0.3) is 11.1 Å². The van der Waals surface area contributed by atoms with Gasteiger partial charge in [0.1, 0.15) is 11.5 Å². The molecule has 0 fully saturated rings. The fourth-order valence-corrected chi connectivity index (χ4v) is 5.44. The van der Waals surface area contributed by atoms with Crippen LogP contribution >= 0.6 is 0 Å². The van der Waals surface area contributed by atoms with Crippen molar-refractivity contribution in [2.45, 2.75) is 114 Å². The van der Waals surface area contributed by atoms with Gasteiger partial charge in [0.2, 0.25) is 0 Å². The van der Waals surface area contributed by atoms with E-state index in [1.54, 1.807) is 48.5 Å². The maximum Gasteiger partial charge on any atom is 0.460 e. The lowest BCUT2D eigenvalue weighted by Crippen LogP contribution is -2.71. The van der Waals surface area contributed by atoms with Gasteiger partial charge >= 0.3 is 53.7 Å². The first kappa shape index (κ1) is 50.3. The number of carbonyl (C=O) groups is 3. The molecule has 0 heterocycles. The van der Waals surface area contributed by atoms with Gasteiger partial charge in [-0.2, -0.15) is 57.1 Å². The molecule has 0 aliphatic heterocycles. The predicted octanol–water partition coefficient (Wildman–Crippen LogP) is 12.3. The van der Waals surface area contributed by atoms with Crippen LogP contribution in [0.2, 0.25) is 0 Å². The number of unbranched alkanes of at least 4 members (excludes halogenated alkanes) is 6. The smallest absolute Gasteiger partial charge is 0.460 e. The zero-order valence-corrected chi connectivity index (χ0v) is 32.6. The van der Waals surface area contributed by atoms with E-state index < -0.39 is 60.3 Å². The van der Waals surface area contributed by atoms with Gasteiger partial charge < -0.3 is 18.9 Å². The van der Waals surface area contributed by atoms with E-state index in [1.165, 1.54) is 24.3 Å². The summed E-state index contributed by atoms with van der Waals surface area (Å²) in [6.45, 7) is 2.87. The number of ether oxygens (including phenoxy) is 4. The Morgan fingerprint density at radius 3 is 1.52 bits per heavy atom. The summed E-state index contributed by atoms with van der Waals surface area (Å²) in [5.74, 6) is -42.9. The topological polar surface area (TPSA) is 88.1 Å². The van der Waals surface area contributed by atoms with Gasteiger partial charge in [-0.3, -0.25) is 0 Å². The van der Waals surface area contributed by atoms with E-state index in [0.717, 1.165) is 43.2 Å². The molecule has 338 valence electrons. The largest absolute Gasteiger partial charge is 0.494 e. The zero-order valence-electron chi connectivity index (χ0n) is 32.6. The lowest BCUT2D eigenvalue weighted by molar-refractivity contribution is -0.437. The molecule has 0 aliphatic carbocycles. The Labute approximate surface area is 341 Å². The lowest BCUT2D eigenvalue weighted by Gasteiger charge is -2.38. The number of halogens is 13. The molecule has 3 rings (SSSR count). The van der Waals surface area contributed by atoms with E-state index >= 15 is 0 Å². The first-order valence-electron chi connectivity index (χ1n) is 18.8. The van der Waals surface area contributed by atoms with Crippen LogP contribution in [-0.4, -0.2) is 73.0 Å². The van der Waals surface area contributed by atoms with Gasteiger partial charge in [0, 0.05) is 0 Å². The highest BCUT2D eigenvalue weighted by atomic mass is 19.4. The van der Waals surface area contributed by atoms with Crippen LogP contribution < -0.4 is 9.47 Å². The van der Waals surface area contributed by atoms with Gasteiger partial charge in [-0.15, -0.1) is 0 Å². The van der Waals surface area contributed by atoms with Crippen LogP contribution in [0.15, 0.2) is 72.8 Å². The monoisotopic (exact) mass is 892 g/mol. The minimum Gasteiger partial charge on any atom is -0.494 e. The maximum absolute atomic E-state index is 13.8. The molecular weight excluding hydrogens is 851 g/mol. The molecule has 61 heavy (non-hydrogen) atoms. The SMILES string of the molecule is CCCCCCC(C)OC(=O)c1ccc(-c2ccc(OC(=O)c3ccc(OCCCCCCOC(=O)C(F)(F)C(F)(F)C(F)(F)C(F)(F)C(F)(F)C(F)(F)F)cc3)cc2)cc1. The summed E-state index contributed by atoms with van der Waals surface area (Å²) in [5.41, 5.74) is 2.20. The second-order valence-corrected chi connectivity index (χ2v) is 13.8. The van der Waals surface area contributed by atoms with Gasteiger partial charge in [-0.25, -0.2) is 14.4 Å². The zero-order chi connectivity index (χ0) is 45.9. The van der Waals surface area contributed by atoms with E-state index in [-0.39, 0.29) is 49.7 Å². The highest BCUT2D eigenvalue weighted by Gasteiger charge is 2.92. The molecule has 0 N–H and O–H groups in total. The van der Waals surface area contributed by atoms with Gasteiger partial charge in [0.05, 0.1) is 30.4 Å². The minimum atomic E-state index is -8.11. The molecule has 0 saturated carbocycles. The molecule has 1 unspecified atom stereocenters. The summed E-state index contributed by atoms with van der Waals surface area (Å²) in [7, 11) is 0. The molecule has 0 aliphatic rings. The van der Waals surface area contributed by atoms with Gasteiger partial charge in [0.25, 0.3) is 0 Å². The van der Waals surface area contributed by atoms with Crippen LogP contribution in [0.4, 0.5) is 57.1 Å². The van der Waals surface area contributed by atoms with Crippen molar-refractivity contribution in [2.24, 2.45) is 0 Å². The van der Waals surface area contributed by atoms with Gasteiger partial charge in [-0.05, 0) is 105 Å². The lowest BCUT2D eigenvalue weighted by atomic mass is 9.94. The molecule has 0 bridgehead atoms. The second-order valence-electron chi connectivity index (χ2n) is 13.8. The first-order valence-corrected chi connectivity index (χ1v) is 18.8. The van der Waals surface area contributed by atoms with Crippen molar-refractivity contribution in [3.63, 3.8) is 0 Å². The Morgan fingerprint density at radius 1 is 0.525 bits per heavy atom. The molecule has 0 spiro atoms. The summed E-state index contributed by atoms with van der Waals surface area (Å²) < 4.78 is 192. The first-order chi connectivity index (χ1) is 28.3. The molecule has 0 aromatic heterocycles. The van der Waals surface area contributed by atoms with E-state index in [0.29, 0.717) is 11.3 Å². The van der Waals surface area contributed by atoms with Crippen molar-refractivity contribution < 1.29 is 90.4 Å². The normalized spacial score (nSPS) is 13.4. The predicted molar refractivity (Wildman–Crippen MR) is 193 cm³/mol. The minimum absolute atomic E-state index is 0.0118. The summed E-state index contributed by atoms with van der Waals surface area (Å²) in [6.07, 6.45) is -2.51.